The fourth-order valence-electron chi connectivity index (χ4n) is 1.81. The van der Waals surface area contributed by atoms with E-state index in [0.717, 1.165) is 11.1 Å². The van der Waals surface area contributed by atoms with E-state index in [4.69, 9.17) is 5.84 Å². The zero-order chi connectivity index (χ0) is 13.1. The summed E-state index contributed by atoms with van der Waals surface area (Å²) >= 11 is 0. The lowest BCUT2D eigenvalue weighted by Crippen LogP contribution is -2.30. The smallest absolute Gasteiger partial charge is 0.268 e. The molecule has 0 bridgehead atoms. The monoisotopic (exact) mass is 244 g/mol. The Morgan fingerprint density at radius 3 is 2.44 bits per heavy atom. The van der Waals surface area contributed by atoms with Crippen LogP contribution in [0.2, 0.25) is 0 Å². The number of amides is 1. The van der Waals surface area contributed by atoms with Crippen LogP contribution < -0.4 is 11.3 Å². The molecule has 92 valence electrons. The minimum Gasteiger partial charge on any atom is -0.290 e. The summed E-state index contributed by atoms with van der Waals surface area (Å²) in [6.07, 6.45) is 0. The van der Waals surface area contributed by atoms with Crippen molar-refractivity contribution in [2.75, 3.05) is 0 Å². The van der Waals surface area contributed by atoms with E-state index in [-0.39, 0.29) is 5.56 Å². The SMILES string of the molecule is Cc1cc(-c2ccccc2)cc(C(=O)NN)c1F. The Labute approximate surface area is 104 Å². The van der Waals surface area contributed by atoms with E-state index in [2.05, 4.69) is 0 Å². The lowest BCUT2D eigenvalue weighted by molar-refractivity contribution is 0.0949. The number of hydrogen-bond donors (Lipinski definition) is 2. The van der Waals surface area contributed by atoms with Crippen molar-refractivity contribution in [2.24, 2.45) is 5.84 Å². The van der Waals surface area contributed by atoms with Crippen molar-refractivity contribution in [2.45, 2.75) is 6.92 Å². The maximum Gasteiger partial charge on any atom is 0.268 e. The second-order valence-electron chi connectivity index (χ2n) is 3.99. The van der Waals surface area contributed by atoms with Gasteiger partial charge in [0.05, 0.1) is 5.56 Å². The van der Waals surface area contributed by atoms with Gasteiger partial charge in [-0.15, -0.1) is 0 Å². The van der Waals surface area contributed by atoms with E-state index >= 15 is 0 Å². The second kappa shape index (κ2) is 4.98. The molecular formula is C14H13FN2O. The normalized spacial score (nSPS) is 10.2. The third kappa shape index (κ3) is 2.24. The van der Waals surface area contributed by atoms with Crippen molar-refractivity contribution < 1.29 is 9.18 Å². The summed E-state index contributed by atoms with van der Waals surface area (Å²) in [7, 11) is 0. The molecule has 0 spiro atoms. The first kappa shape index (κ1) is 12.3. The number of nitrogens with two attached hydrogens (primary N) is 1. The van der Waals surface area contributed by atoms with Crippen molar-refractivity contribution in [1.29, 1.82) is 0 Å². The molecule has 2 rings (SSSR count). The predicted molar refractivity (Wildman–Crippen MR) is 68.2 cm³/mol. The zero-order valence-electron chi connectivity index (χ0n) is 9.91. The average Bonchev–Trinajstić information content (AvgIpc) is 2.41. The molecule has 3 N–H and O–H groups in total. The molecule has 0 aliphatic heterocycles. The lowest BCUT2D eigenvalue weighted by atomic mass is 9.99. The van der Waals surface area contributed by atoms with Crippen molar-refractivity contribution in [3.8, 4) is 11.1 Å². The van der Waals surface area contributed by atoms with E-state index in [1.54, 1.807) is 13.0 Å². The third-order valence-corrected chi connectivity index (χ3v) is 2.74. The van der Waals surface area contributed by atoms with E-state index in [1.165, 1.54) is 6.07 Å². The van der Waals surface area contributed by atoms with Gasteiger partial charge in [-0.1, -0.05) is 30.3 Å². The largest absolute Gasteiger partial charge is 0.290 e. The van der Waals surface area contributed by atoms with Crippen LogP contribution in [-0.2, 0) is 0 Å². The van der Waals surface area contributed by atoms with Gasteiger partial charge < -0.3 is 0 Å². The van der Waals surface area contributed by atoms with Gasteiger partial charge in [-0.05, 0) is 35.7 Å². The highest BCUT2D eigenvalue weighted by Crippen LogP contribution is 2.24. The number of carbonyl (C=O) groups excluding carboxylic acids is 1. The first-order chi connectivity index (χ1) is 8.63. The molecule has 0 aromatic heterocycles. The van der Waals surface area contributed by atoms with Gasteiger partial charge in [-0.3, -0.25) is 10.2 Å². The predicted octanol–water partition coefficient (Wildman–Crippen LogP) is 2.40. The summed E-state index contributed by atoms with van der Waals surface area (Å²) in [6, 6.07) is 12.7. The Bertz CT molecular complexity index is 582. The molecule has 0 saturated carbocycles. The minimum absolute atomic E-state index is 0.0450. The van der Waals surface area contributed by atoms with Gasteiger partial charge >= 0.3 is 0 Å². The maximum atomic E-state index is 13.8. The van der Waals surface area contributed by atoms with E-state index < -0.39 is 11.7 Å². The van der Waals surface area contributed by atoms with Gasteiger partial charge in [0.25, 0.3) is 5.91 Å². The molecule has 0 atom stereocenters. The number of nitrogen functional groups attached to an aromatic ring is 1. The second-order valence-corrected chi connectivity index (χ2v) is 3.99. The molecule has 0 saturated heterocycles. The number of hydrogen-bond acceptors (Lipinski definition) is 2. The van der Waals surface area contributed by atoms with E-state index in [9.17, 15) is 9.18 Å². The molecule has 3 nitrogen and oxygen atoms in total. The number of hydrazine groups is 1. The van der Waals surface area contributed by atoms with Crippen molar-refractivity contribution >= 4 is 5.91 Å². The minimum atomic E-state index is -0.631. The van der Waals surface area contributed by atoms with Crippen LogP contribution in [0.3, 0.4) is 0 Å². The van der Waals surface area contributed by atoms with E-state index in [1.807, 2.05) is 35.8 Å². The Morgan fingerprint density at radius 1 is 1.17 bits per heavy atom. The molecule has 2 aromatic carbocycles. The van der Waals surface area contributed by atoms with Crippen molar-refractivity contribution in [1.82, 2.24) is 5.43 Å². The number of benzene rings is 2. The van der Waals surface area contributed by atoms with Gasteiger partial charge in [0, 0.05) is 0 Å². The molecule has 0 aliphatic rings. The van der Waals surface area contributed by atoms with Crippen LogP contribution in [-0.4, -0.2) is 5.91 Å². The van der Waals surface area contributed by atoms with Crippen LogP contribution in [0.15, 0.2) is 42.5 Å². The van der Waals surface area contributed by atoms with Crippen LogP contribution in [0.4, 0.5) is 4.39 Å². The number of aryl methyl sites for hydroxylation is 1. The molecular weight excluding hydrogens is 231 g/mol. The highest BCUT2D eigenvalue weighted by atomic mass is 19.1. The van der Waals surface area contributed by atoms with Crippen molar-refractivity contribution in [3.05, 3.63) is 59.4 Å². The summed E-state index contributed by atoms with van der Waals surface area (Å²) in [6.45, 7) is 1.62. The third-order valence-electron chi connectivity index (χ3n) is 2.74. The topological polar surface area (TPSA) is 55.1 Å². The fraction of sp³-hybridized carbons (Fsp3) is 0.0714. The van der Waals surface area contributed by atoms with Gasteiger partial charge in [0.2, 0.25) is 0 Å². The Morgan fingerprint density at radius 2 is 1.83 bits per heavy atom. The van der Waals surface area contributed by atoms with Crippen LogP contribution in [0.1, 0.15) is 15.9 Å². The number of carbonyl (C=O) groups is 1. The van der Waals surface area contributed by atoms with Crippen LogP contribution >= 0.6 is 0 Å². The molecule has 0 fully saturated rings. The Balaban J connectivity index is 2.58. The molecule has 1 amide bonds. The average molecular weight is 244 g/mol. The van der Waals surface area contributed by atoms with Crippen LogP contribution in [0.5, 0.6) is 0 Å². The van der Waals surface area contributed by atoms with Crippen molar-refractivity contribution in [3.63, 3.8) is 0 Å². The highest BCUT2D eigenvalue weighted by molar-refractivity contribution is 5.95. The van der Waals surface area contributed by atoms with Gasteiger partial charge in [-0.2, -0.15) is 0 Å². The van der Waals surface area contributed by atoms with Gasteiger partial charge in [0.15, 0.2) is 0 Å². The van der Waals surface area contributed by atoms with Gasteiger partial charge in [0.1, 0.15) is 5.82 Å². The Kier molecular flexibility index (Phi) is 3.39. The number of halogens is 1. The fourth-order valence-corrected chi connectivity index (χ4v) is 1.81. The molecule has 0 aliphatic carbocycles. The molecule has 0 heterocycles. The standard InChI is InChI=1S/C14H13FN2O/c1-9-7-11(10-5-3-2-4-6-10)8-12(13(9)15)14(18)17-16/h2-8H,16H2,1H3,(H,17,18). The summed E-state index contributed by atoms with van der Waals surface area (Å²) in [4.78, 5) is 11.5. The number of rotatable bonds is 2. The summed E-state index contributed by atoms with van der Waals surface area (Å²) in [5.74, 6) is 3.87. The van der Waals surface area contributed by atoms with E-state index in [0.29, 0.717) is 5.56 Å². The first-order valence-corrected chi connectivity index (χ1v) is 5.50. The first-order valence-electron chi connectivity index (χ1n) is 5.50. The lowest BCUT2D eigenvalue weighted by Gasteiger charge is -2.09. The molecule has 2 aromatic rings. The molecule has 18 heavy (non-hydrogen) atoms. The maximum absolute atomic E-state index is 13.8. The molecule has 0 radical (unpaired) electrons. The summed E-state index contributed by atoms with van der Waals surface area (Å²) in [5, 5.41) is 0. The van der Waals surface area contributed by atoms with Gasteiger partial charge in [-0.25, -0.2) is 10.2 Å². The summed E-state index contributed by atoms with van der Waals surface area (Å²) in [5.41, 5.74) is 4.02. The molecule has 0 unspecified atom stereocenters. The Hall–Kier alpha value is -2.20. The zero-order valence-corrected chi connectivity index (χ0v) is 9.91. The van der Waals surface area contributed by atoms with Crippen LogP contribution in [0, 0.1) is 12.7 Å². The van der Waals surface area contributed by atoms with Crippen LogP contribution in [0.25, 0.3) is 11.1 Å². The quantitative estimate of drug-likeness (QED) is 0.484. The molecule has 4 heteroatoms. The number of nitrogens with one attached hydrogen (secondary N) is 1. The highest BCUT2D eigenvalue weighted by Gasteiger charge is 2.14. The summed E-state index contributed by atoms with van der Waals surface area (Å²) < 4.78 is 13.8.